The van der Waals surface area contributed by atoms with Crippen LogP contribution in [0.2, 0.25) is 0 Å². The quantitative estimate of drug-likeness (QED) is 0.482. The monoisotopic (exact) mass is 250 g/mol. The van der Waals surface area contributed by atoms with Gasteiger partial charge in [0.2, 0.25) is 0 Å². The first kappa shape index (κ1) is 14.4. The fourth-order valence-electron chi connectivity index (χ4n) is 4.33. The molecule has 0 heteroatoms. The van der Waals surface area contributed by atoms with E-state index in [9.17, 15) is 0 Å². The standard InChI is InChI=1S/C18H34/c1-2-3-5-8-16-11-13-18(14-12-16)15-17-9-6-4-7-10-17/h16-18H,2-15H2,1H3. The molecule has 0 aromatic carbocycles. The van der Waals surface area contributed by atoms with E-state index in [4.69, 9.17) is 0 Å². The highest BCUT2D eigenvalue weighted by molar-refractivity contribution is 4.76. The molecule has 0 unspecified atom stereocenters. The zero-order valence-corrected chi connectivity index (χ0v) is 12.6. The molecule has 0 heterocycles. The lowest BCUT2D eigenvalue weighted by molar-refractivity contribution is 0.204. The van der Waals surface area contributed by atoms with Crippen LogP contribution in [0, 0.1) is 17.8 Å². The van der Waals surface area contributed by atoms with Crippen LogP contribution >= 0.6 is 0 Å². The van der Waals surface area contributed by atoms with Crippen LogP contribution in [0.3, 0.4) is 0 Å². The Kier molecular flexibility index (Phi) is 6.59. The van der Waals surface area contributed by atoms with Crippen molar-refractivity contribution in [3.05, 3.63) is 0 Å². The Balaban J connectivity index is 1.57. The molecule has 2 rings (SSSR count). The molecule has 0 saturated heterocycles. The minimum absolute atomic E-state index is 1.10. The smallest absolute Gasteiger partial charge is 0.0411 e. The summed E-state index contributed by atoms with van der Waals surface area (Å²) in [5.74, 6) is 3.31. The highest BCUT2D eigenvalue weighted by Gasteiger charge is 2.24. The molecule has 0 aromatic rings. The Hall–Kier alpha value is 0. The average Bonchev–Trinajstić information content (AvgIpc) is 2.42. The fourth-order valence-corrected chi connectivity index (χ4v) is 4.33. The maximum absolute atomic E-state index is 2.32. The lowest BCUT2D eigenvalue weighted by Crippen LogP contribution is -2.18. The molecule has 2 fully saturated rings. The van der Waals surface area contributed by atoms with Crippen molar-refractivity contribution in [2.75, 3.05) is 0 Å². The van der Waals surface area contributed by atoms with E-state index in [0.29, 0.717) is 0 Å². The number of hydrogen-bond donors (Lipinski definition) is 0. The van der Waals surface area contributed by atoms with Gasteiger partial charge >= 0.3 is 0 Å². The van der Waals surface area contributed by atoms with Gasteiger partial charge in [0.1, 0.15) is 0 Å². The molecule has 0 radical (unpaired) electrons. The van der Waals surface area contributed by atoms with E-state index in [1.54, 1.807) is 44.9 Å². The molecule has 0 amide bonds. The van der Waals surface area contributed by atoms with Crippen LogP contribution in [0.1, 0.15) is 96.8 Å². The van der Waals surface area contributed by atoms with Crippen molar-refractivity contribution in [1.82, 2.24) is 0 Å². The molecule has 0 bridgehead atoms. The molecule has 0 aromatic heterocycles. The molecule has 0 N–H and O–H groups in total. The predicted molar refractivity (Wildman–Crippen MR) is 80.8 cm³/mol. The van der Waals surface area contributed by atoms with Crippen LogP contribution < -0.4 is 0 Å². The first-order chi connectivity index (χ1) is 8.88. The van der Waals surface area contributed by atoms with Crippen molar-refractivity contribution in [3.8, 4) is 0 Å². The highest BCUT2D eigenvalue weighted by atomic mass is 14.3. The minimum Gasteiger partial charge on any atom is -0.0654 e. The van der Waals surface area contributed by atoms with Crippen LogP contribution in [-0.2, 0) is 0 Å². The van der Waals surface area contributed by atoms with Gasteiger partial charge in [0.15, 0.2) is 0 Å². The molecule has 0 atom stereocenters. The van der Waals surface area contributed by atoms with Crippen molar-refractivity contribution in [2.24, 2.45) is 17.8 Å². The Bertz CT molecular complexity index is 194. The second kappa shape index (κ2) is 8.23. The van der Waals surface area contributed by atoms with Crippen molar-refractivity contribution >= 4 is 0 Å². The molecule has 106 valence electrons. The Morgan fingerprint density at radius 1 is 0.667 bits per heavy atom. The van der Waals surface area contributed by atoms with E-state index >= 15 is 0 Å². The molecule has 18 heavy (non-hydrogen) atoms. The van der Waals surface area contributed by atoms with Crippen LogP contribution in [0.15, 0.2) is 0 Å². The van der Waals surface area contributed by atoms with Gasteiger partial charge in [0.25, 0.3) is 0 Å². The van der Waals surface area contributed by atoms with Crippen LogP contribution in [0.5, 0.6) is 0 Å². The normalized spacial score (nSPS) is 30.5. The summed E-state index contributed by atoms with van der Waals surface area (Å²) in [6, 6.07) is 0. The molecular formula is C18H34. The highest BCUT2D eigenvalue weighted by Crippen LogP contribution is 2.38. The molecule has 2 aliphatic rings. The summed E-state index contributed by atoms with van der Waals surface area (Å²) in [7, 11) is 0. The number of unbranched alkanes of at least 4 members (excludes halogenated alkanes) is 2. The third kappa shape index (κ3) is 4.94. The third-order valence-corrected chi connectivity index (χ3v) is 5.57. The maximum Gasteiger partial charge on any atom is -0.0411 e. The first-order valence-electron chi connectivity index (χ1n) is 8.88. The predicted octanol–water partition coefficient (Wildman–Crippen LogP) is 6.34. The maximum atomic E-state index is 2.32. The van der Waals surface area contributed by atoms with Gasteiger partial charge in [-0.15, -0.1) is 0 Å². The second-order valence-electron chi connectivity index (χ2n) is 7.12. The average molecular weight is 250 g/mol. The summed E-state index contributed by atoms with van der Waals surface area (Å²) >= 11 is 0. The molecule has 0 nitrogen and oxygen atoms in total. The Morgan fingerprint density at radius 3 is 1.94 bits per heavy atom. The number of hydrogen-bond acceptors (Lipinski definition) is 0. The largest absolute Gasteiger partial charge is 0.0654 e. The summed E-state index contributed by atoms with van der Waals surface area (Å²) in [5, 5.41) is 0. The van der Waals surface area contributed by atoms with Gasteiger partial charge in [0.05, 0.1) is 0 Å². The minimum atomic E-state index is 1.10. The van der Waals surface area contributed by atoms with Gasteiger partial charge in [0, 0.05) is 0 Å². The van der Waals surface area contributed by atoms with Crippen molar-refractivity contribution in [3.63, 3.8) is 0 Å². The third-order valence-electron chi connectivity index (χ3n) is 5.57. The molecule has 2 saturated carbocycles. The van der Waals surface area contributed by atoms with Gasteiger partial charge in [-0.25, -0.2) is 0 Å². The van der Waals surface area contributed by atoms with E-state index in [-0.39, 0.29) is 0 Å². The summed E-state index contributed by atoms with van der Waals surface area (Å²) in [4.78, 5) is 0. The van der Waals surface area contributed by atoms with E-state index in [0.717, 1.165) is 17.8 Å². The first-order valence-corrected chi connectivity index (χ1v) is 8.88. The van der Waals surface area contributed by atoms with Gasteiger partial charge in [-0.2, -0.15) is 0 Å². The van der Waals surface area contributed by atoms with Gasteiger partial charge in [-0.05, 0) is 24.2 Å². The van der Waals surface area contributed by atoms with Crippen LogP contribution in [0.4, 0.5) is 0 Å². The second-order valence-corrected chi connectivity index (χ2v) is 7.12. The molecular weight excluding hydrogens is 216 g/mol. The zero-order chi connectivity index (χ0) is 12.6. The van der Waals surface area contributed by atoms with E-state index < -0.39 is 0 Å². The van der Waals surface area contributed by atoms with Crippen LogP contribution in [-0.4, -0.2) is 0 Å². The summed E-state index contributed by atoms with van der Waals surface area (Å²) < 4.78 is 0. The SMILES string of the molecule is CCCCCC1CCC(CC2CCCCC2)CC1. The molecule has 0 aliphatic heterocycles. The van der Waals surface area contributed by atoms with E-state index in [2.05, 4.69) is 6.92 Å². The van der Waals surface area contributed by atoms with E-state index in [1.807, 2.05) is 0 Å². The topological polar surface area (TPSA) is 0 Å². The van der Waals surface area contributed by atoms with Crippen molar-refractivity contribution in [1.29, 1.82) is 0 Å². The number of rotatable bonds is 6. The molecule has 0 spiro atoms. The van der Waals surface area contributed by atoms with Crippen molar-refractivity contribution in [2.45, 2.75) is 96.8 Å². The van der Waals surface area contributed by atoms with Crippen molar-refractivity contribution < 1.29 is 0 Å². The fraction of sp³-hybridized carbons (Fsp3) is 1.00. The summed E-state index contributed by atoms with van der Waals surface area (Å²) in [5.41, 5.74) is 0. The van der Waals surface area contributed by atoms with Gasteiger partial charge in [-0.3, -0.25) is 0 Å². The van der Waals surface area contributed by atoms with Gasteiger partial charge < -0.3 is 0 Å². The summed E-state index contributed by atoms with van der Waals surface area (Å²) in [6.45, 7) is 2.32. The summed E-state index contributed by atoms with van der Waals surface area (Å²) in [6.07, 6.45) is 21.4. The Morgan fingerprint density at radius 2 is 1.28 bits per heavy atom. The van der Waals surface area contributed by atoms with Gasteiger partial charge in [-0.1, -0.05) is 90.4 Å². The lowest BCUT2D eigenvalue weighted by atomic mass is 9.74. The Labute approximate surface area is 115 Å². The van der Waals surface area contributed by atoms with E-state index in [1.165, 1.54) is 44.9 Å². The van der Waals surface area contributed by atoms with Crippen LogP contribution in [0.25, 0.3) is 0 Å². The molecule has 2 aliphatic carbocycles. The lowest BCUT2D eigenvalue weighted by Gasteiger charge is -2.32. The zero-order valence-electron chi connectivity index (χ0n) is 12.6.